The van der Waals surface area contributed by atoms with Crippen LogP contribution < -0.4 is 5.32 Å². The summed E-state index contributed by atoms with van der Waals surface area (Å²) in [6.45, 7) is 7.01. The predicted octanol–water partition coefficient (Wildman–Crippen LogP) is 1.03. The summed E-state index contributed by atoms with van der Waals surface area (Å²) in [5.41, 5.74) is 1.23. The summed E-state index contributed by atoms with van der Waals surface area (Å²) in [5.74, 6) is 2.04. The Morgan fingerprint density at radius 1 is 1.21 bits per heavy atom. The number of fused-ring (bicyclic) bond motifs is 1. The lowest BCUT2D eigenvalue weighted by Gasteiger charge is -2.18. The zero-order valence-electron chi connectivity index (χ0n) is 13.8. The van der Waals surface area contributed by atoms with E-state index in [2.05, 4.69) is 43.7 Å². The number of benzene rings is 1. The molecular formula is C18H23N5O. The monoisotopic (exact) mass is 325 g/mol. The van der Waals surface area contributed by atoms with Crippen LogP contribution in [0.15, 0.2) is 43.0 Å². The number of nitrogens with one attached hydrogen (secondary N) is 1. The third-order valence-electron chi connectivity index (χ3n) is 4.21. The van der Waals surface area contributed by atoms with E-state index in [0.717, 1.165) is 44.1 Å². The molecule has 1 amide bonds. The Morgan fingerprint density at radius 3 is 2.83 bits per heavy atom. The summed E-state index contributed by atoms with van der Waals surface area (Å²) in [5, 5.41) is 11.5. The highest BCUT2D eigenvalue weighted by atomic mass is 16.2. The highest BCUT2D eigenvalue weighted by molar-refractivity contribution is 5.78. The summed E-state index contributed by atoms with van der Waals surface area (Å²) >= 11 is 0. The number of amides is 1. The van der Waals surface area contributed by atoms with Gasteiger partial charge in [0.15, 0.2) is 0 Å². The molecule has 1 N–H and O–H groups in total. The fourth-order valence-corrected chi connectivity index (χ4v) is 2.94. The van der Waals surface area contributed by atoms with Gasteiger partial charge in [0.25, 0.3) is 0 Å². The van der Waals surface area contributed by atoms with E-state index in [1.807, 2.05) is 18.2 Å². The first-order valence-electron chi connectivity index (χ1n) is 8.31. The van der Waals surface area contributed by atoms with Crippen LogP contribution in [0, 0.1) is 0 Å². The quantitative estimate of drug-likeness (QED) is 0.806. The van der Waals surface area contributed by atoms with Crippen molar-refractivity contribution in [2.75, 3.05) is 26.2 Å². The van der Waals surface area contributed by atoms with Crippen LogP contribution in [0.4, 0.5) is 0 Å². The molecule has 0 bridgehead atoms. The van der Waals surface area contributed by atoms with E-state index in [9.17, 15) is 4.79 Å². The van der Waals surface area contributed by atoms with E-state index >= 15 is 0 Å². The van der Waals surface area contributed by atoms with Crippen molar-refractivity contribution >= 4 is 5.91 Å². The Hall–Kier alpha value is -2.47. The highest BCUT2D eigenvalue weighted by Crippen LogP contribution is 2.13. The molecule has 2 heterocycles. The van der Waals surface area contributed by atoms with E-state index in [1.165, 1.54) is 5.56 Å². The SMILES string of the molecule is C=CCNC(=O)CN1CCc2nnc(Cc3ccccc3)n2CC1. The molecule has 3 rings (SSSR count). The van der Waals surface area contributed by atoms with Gasteiger partial charge in [-0.2, -0.15) is 0 Å². The lowest BCUT2D eigenvalue weighted by molar-refractivity contribution is -0.122. The molecule has 24 heavy (non-hydrogen) atoms. The second-order valence-corrected chi connectivity index (χ2v) is 5.97. The number of carbonyl (C=O) groups excluding carboxylic acids is 1. The first-order chi connectivity index (χ1) is 11.8. The van der Waals surface area contributed by atoms with Gasteiger partial charge in [-0.25, -0.2) is 0 Å². The van der Waals surface area contributed by atoms with Gasteiger partial charge in [0.05, 0.1) is 6.54 Å². The maximum absolute atomic E-state index is 11.9. The molecule has 0 unspecified atom stereocenters. The van der Waals surface area contributed by atoms with Crippen LogP contribution in [0.5, 0.6) is 0 Å². The number of hydrogen-bond acceptors (Lipinski definition) is 4. The molecule has 0 aliphatic carbocycles. The number of hydrogen-bond donors (Lipinski definition) is 1. The lowest BCUT2D eigenvalue weighted by Crippen LogP contribution is -2.38. The largest absolute Gasteiger partial charge is 0.352 e. The minimum Gasteiger partial charge on any atom is -0.352 e. The zero-order chi connectivity index (χ0) is 16.8. The topological polar surface area (TPSA) is 63.1 Å². The third kappa shape index (κ3) is 4.08. The van der Waals surface area contributed by atoms with Gasteiger partial charge in [-0.15, -0.1) is 16.8 Å². The number of aromatic nitrogens is 3. The Bertz CT molecular complexity index is 695. The molecule has 0 saturated heterocycles. The molecule has 1 aromatic heterocycles. The molecule has 1 aliphatic rings. The molecule has 0 saturated carbocycles. The van der Waals surface area contributed by atoms with Crippen LogP contribution in [0.2, 0.25) is 0 Å². The first-order valence-corrected chi connectivity index (χ1v) is 8.31. The van der Waals surface area contributed by atoms with E-state index < -0.39 is 0 Å². The van der Waals surface area contributed by atoms with Crippen molar-refractivity contribution in [1.29, 1.82) is 0 Å². The number of nitrogens with zero attached hydrogens (tertiary/aromatic N) is 4. The van der Waals surface area contributed by atoms with Crippen molar-refractivity contribution < 1.29 is 4.79 Å². The standard InChI is InChI=1S/C18H23N5O/c1-2-9-19-18(24)14-22-10-8-16-20-21-17(23(16)12-11-22)13-15-6-4-3-5-7-15/h2-7H,1,8-14H2,(H,19,24). The molecule has 1 aromatic carbocycles. The van der Waals surface area contributed by atoms with Gasteiger partial charge >= 0.3 is 0 Å². The van der Waals surface area contributed by atoms with Gasteiger partial charge in [0.2, 0.25) is 5.91 Å². The average molecular weight is 325 g/mol. The second kappa shape index (κ2) is 7.88. The summed E-state index contributed by atoms with van der Waals surface area (Å²) < 4.78 is 2.20. The van der Waals surface area contributed by atoms with E-state index in [1.54, 1.807) is 6.08 Å². The molecule has 6 nitrogen and oxygen atoms in total. The van der Waals surface area contributed by atoms with Crippen molar-refractivity contribution in [1.82, 2.24) is 25.0 Å². The Balaban J connectivity index is 1.62. The van der Waals surface area contributed by atoms with Crippen LogP contribution in [0.3, 0.4) is 0 Å². The first kappa shape index (κ1) is 16.4. The average Bonchev–Trinajstić information content (AvgIpc) is 2.86. The fraction of sp³-hybridized carbons (Fsp3) is 0.389. The van der Waals surface area contributed by atoms with Gasteiger partial charge < -0.3 is 9.88 Å². The van der Waals surface area contributed by atoms with E-state index in [-0.39, 0.29) is 5.91 Å². The van der Waals surface area contributed by atoms with Crippen LogP contribution in [-0.2, 0) is 24.2 Å². The Morgan fingerprint density at radius 2 is 2.04 bits per heavy atom. The minimum atomic E-state index is 0.0390. The third-order valence-corrected chi connectivity index (χ3v) is 4.21. The zero-order valence-corrected chi connectivity index (χ0v) is 13.8. The second-order valence-electron chi connectivity index (χ2n) is 5.97. The van der Waals surface area contributed by atoms with E-state index in [0.29, 0.717) is 13.1 Å². The fourth-order valence-electron chi connectivity index (χ4n) is 2.94. The van der Waals surface area contributed by atoms with Crippen molar-refractivity contribution in [2.24, 2.45) is 0 Å². The van der Waals surface area contributed by atoms with Crippen LogP contribution in [0.25, 0.3) is 0 Å². The maximum atomic E-state index is 11.9. The van der Waals surface area contributed by atoms with Gasteiger partial charge in [-0.3, -0.25) is 9.69 Å². The van der Waals surface area contributed by atoms with Crippen LogP contribution in [0.1, 0.15) is 17.2 Å². The number of rotatable bonds is 6. The smallest absolute Gasteiger partial charge is 0.234 e. The summed E-state index contributed by atoms with van der Waals surface area (Å²) in [6.07, 6.45) is 3.29. The maximum Gasteiger partial charge on any atom is 0.234 e. The lowest BCUT2D eigenvalue weighted by atomic mass is 10.1. The minimum absolute atomic E-state index is 0.0390. The summed E-state index contributed by atoms with van der Waals surface area (Å²) in [7, 11) is 0. The predicted molar refractivity (Wildman–Crippen MR) is 92.6 cm³/mol. The van der Waals surface area contributed by atoms with Crippen LogP contribution in [-0.4, -0.2) is 51.8 Å². The highest BCUT2D eigenvalue weighted by Gasteiger charge is 2.20. The molecule has 126 valence electrons. The van der Waals surface area contributed by atoms with Gasteiger partial charge in [-0.1, -0.05) is 36.4 Å². The Kier molecular flexibility index (Phi) is 5.38. The molecular weight excluding hydrogens is 302 g/mol. The van der Waals surface area contributed by atoms with Crippen LogP contribution >= 0.6 is 0 Å². The molecule has 1 aliphatic heterocycles. The van der Waals surface area contributed by atoms with Crippen molar-refractivity contribution in [2.45, 2.75) is 19.4 Å². The molecule has 0 spiro atoms. The van der Waals surface area contributed by atoms with E-state index in [4.69, 9.17) is 0 Å². The van der Waals surface area contributed by atoms with Gasteiger partial charge in [0, 0.05) is 39.0 Å². The molecule has 2 aromatic rings. The molecule has 0 atom stereocenters. The molecule has 6 heteroatoms. The summed E-state index contributed by atoms with van der Waals surface area (Å²) in [4.78, 5) is 14.0. The molecule has 0 fully saturated rings. The number of carbonyl (C=O) groups is 1. The molecule has 0 radical (unpaired) electrons. The van der Waals surface area contributed by atoms with Crippen molar-refractivity contribution in [3.05, 3.63) is 60.2 Å². The Labute approximate surface area is 142 Å². The normalized spacial score (nSPS) is 14.7. The van der Waals surface area contributed by atoms with Crippen molar-refractivity contribution in [3.8, 4) is 0 Å². The van der Waals surface area contributed by atoms with Gasteiger partial charge in [0.1, 0.15) is 11.6 Å². The van der Waals surface area contributed by atoms with Crippen molar-refractivity contribution in [3.63, 3.8) is 0 Å². The van der Waals surface area contributed by atoms with Gasteiger partial charge in [-0.05, 0) is 5.56 Å². The summed E-state index contributed by atoms with van der Waals surface area (Å²) in [6, 6.07) is 10.3.